The van der Waals surface area contributed by atoms with Crippen molar-refractivity contribution in [3.8, 4) is 11.5 Å². The highest BCUT2D eigenvalue weighted by Gasteiger charge is 2.46. The van der Waals surface area contributed by atoms with E-state index in [1.54, 1.807) is 30.3 Å². The normalized spacial score (nSPS) is 18.0. The molecule has 0 spiro atoms. The summed E-state index contributed by atoms with van der Waals surface area (Å²) in [5, 5.41) is 11.0. The summed E-state index contributed by atoms with van der Waals surface area (Å²) in [5.74, 6) is -0.559. The first kappa shape index (κ1) is 22.3. The Labute approximate surface area is 181 Å². The van der Waals surface area contributed by atoms with Crippen molar-refractivity contribution in [2.24, 2.45) is 0 Å². The van der Waals surface area contributed by atoms with Crippen molar-refractivity contribution in [2.45, 2.75) is 12.5 Å². The van der Waals surface area contributed by atoms with E-state index in [0.29, 0.717) is 35.6 Å². The van der Waals surface area contributed by atoms with E-state index in [9.17, 15) is 14.7 Å². The molecule has 1 amide bonds. The van der Waals surface area contributed by atoms with E-state index in [1.807, 2.05) is 19.0 Å². The molecule has 0 aliphatic carbocycles. The Balaban J connectivity index is 2.13. The second kappa shape index (κ2) is 9.61. The third-order valence-corrected chi connectivity index (χ3v) is 5.22. The molecule has 0 saturated carbocycles. The zero-order valence-corrected chi connectivity index (χ0v) is 18.2. The van der Waals surface area contributed by atoms with Crippen molar-refractivity contribution in [3.05, 3.63) is 59.4 Å². The third kappa shape index (κ3) is 4.54. The molecule has 1 fully saturated rings. The Bertz CT molecular complexity index is 988. The molecule has 3 rings (SSSR count). The van der Waals surface area contributed by atoms with Gasteiger partial charge in [-0.2, -0.15) is 0 Å². The van der Waals surface area contributed by atoms with Crippen molar-refractivity contribution in [1.82, 2.24) is 14.8 Å². The standard InChI is InChI=1S/C23H27N3O5/c1-25(2)12-5-13-26-20(16-6-7-17(30-3)18(14-16)31-4)19(22(28)23(26)29)21(27)15-8-10-24-11-9-15/h6-11,14,20,27H,5,12-13H2,1-4H3/t20-/m1/s1. The number of carbonyl (C=O) groups is 2. The number of aliphatic hydroxyl groups excluding tert-OH is 1. The topological polar surface area (TPSA) is 92.2 Å². The highest BCUT2D eigenvalue weighted by Crippen LogP contribution is 2.41. The number of ether oxygens (including phenoxy) is 2. The van der Waals surface area contributed by atoms with E-state index in [-0.39, 0.29) is 11.3 Å². The van der Waals surface area contributed by atoms with Crippen molar-refractivity contribution in [3.63, 3.8) is 0 Å². The third-order valence-electron chi connectivity index (χ3n) is 5.22. The van der Waals surface area contributed by atoms with Gasteiger partial charge in [0, 0.05) is 24.5 Å². The number of likely N-dealkylation sites (tertiary alicyclic amines) is 1. The van der Waals surface area contributed by atoms with Gasteiger partial charge in [0.15, 0.2) is 11.5 Å². The molecule has 1 N–H and O–H groups in total. The van der Waals surface area contributed by atoms with Gasteiger partial charge in [-0.15, -0.1) is 0 Å². The minimum Gasteiger partial charge on any atom is -0.507 e. The average Bonchev–Trinajstić information content (AvgIpc) is 3.03. The van der Waals surface area contributed by atoms with Crippen LogP contribution in [0.5, 0.6) is 11.5 Å². The maximum absolute atomic E-state index is 13.0. The van der Waals surface area contributed by atoms with Crippen LogP contribution < -0.4 is 9.47 Å². The van der Waals surface area contributed by atoms with Crippen molar-refractivity contribution >= 4 is 17.4 Å². The van der Waals surface area contributed by atoms with Crippen LogP contribution in [-0.4, -0.2) is 73.0 Å². The Kier molecular flexibility index (Phi) is 6.91. The van der Waals surface area contributed by atoms with Gasteiger partial charge in [-0.25, -0.2) is 0 Å². The van der Waals surface area contributed by atoms with Crippen molar-refractivity contribution < 1.29 is 24.2 Å². The molecule has 0 radical (unpaired) electrons. The highest BCUT2D eigenvalue weighted by molar-refractivity contribution is 6.46. The number of hydrogen-bond acceptors (Lipinski definition) is 7. The molecule has 1 saturated heterocycles. The predicted molar refractivity (Wildman–Crippen MR) is 116 cm³/mol. The molecule has 0 unspecified atom stereocenters. The van der Waals surface area contributed by atoms with Crippen LogP contribution in [0, 0.1) is 0 Å². The quantitative estimate of drug-likeness (QED) is 0.395. The largest absolute Gasteiger partial charge is 0.507 e. The number of aliphatic hydroxyl groups is 1. The number of rotatable bonds is 8. The maximum atomic E-state index is 13.0. The smallest absolute Gasteiger partial charge is 0.295 e. The van der Waals surface area contributed by atoms with Gasteiger partial charge in [0.05, 0.1) is 25.8 Å². The zero-order chi connectivity index (χ0) is 22.5. The minimum absolute atomic E-state index is 0.0493. The van der Waals surface area contributed by atoms with Crippen LogP contribution in [0.15, 0.2) is 48.3 Å². The van der Waals surface area contributed by atoms with E-state index in [1.165, 1.54) is 31.5 Å². The Morgan fingerprint density at radius 2 is 1.77 bits per heavy atom. The van der Waals surface area contributed by atoms with Crippen LogP contribution in [0.3, 0.4) is 0 Å². The highest BCUT2D eigenvalue weighted by atomic mass is 16.5. The summed E-state index contributed by atoms with van der Waals surface area (Å²) < 4.78 is 10.7. The fraction of sp³-hybridized carbons (Fsp3) is 0.348. The lowest BCUT2D eigenvalue weighted by Crippen LogP contribution is -2.32. The Morgan fingerprint density at radius 1 is 1.10 bits per heavy atom. The molecule has 1 atom stereocenters. The van der Waals surface area contributed by atoms with Crippen LogP contribution >= 0.6 is 0 Å². The van der Waals surface area contributed by atoms with Crippen LogP contribution in [-0.2, 0) is 9.59 Å². The second-order valence-corrected chi connectivity index (χ2v) is 7.50. The second-order valence-electron chi connectivity index (χ2n) is 7.50. The number of amides is 1. The molecule has 164 valence electrons. The lowest BCUT2D eigenvalue weighted by molar-refractivity contribution is -0.139. The van der Waals surface area contributed by atoms with E-state index < -0.39 is 17.7 Å². The van der Waals surface area contributed by atoms with Crippen molar-refractivity contribution in [1.29, 1.82) is 0 Å². The average molecular weight is 425 g/mol. The SMILES string of the molecule is COc1ccc([C@@H]2C(=C(O)c3ccncc3)C(=O)C(=O)N2CCCN(C)C)cc1OC. The number of Topliss-reactive ketones (excluding diaryl/α,β-unsaturated/α-hetero) is 1. The first-order chi connectivity index (χ1) is 14.9. The van der Waals surface area contributed by atoms with E-state index in [2.05, 4.69) is 4.98 Å². The molecule has 1 aromatic carbocycles. The van der Waals surface area contributed by atoms with Gasteiger partial charge in [0.25, 0.3) is 11.7 Å². The summed E-state index contributed by atoms with van der Waals surface area (Å²) in [6.07, 6.45) is 3.72. The van der Waals surface area contributed by atoms with E-state index in [4.69, 9.17) is 9.47 Å². The first-order valence-corrected chi connectivity index (χ1v) is 9.94. The molecule has 8 nitrogen and oxygen atoms in total. The molecule has 2 heterocycles. The van der Waals surface area contributed by atoms with E-state index in [0.717, 1.165) is 6.54 Å². The lowest BCUT2D eigenvalue weighted by Gasteiger charge is -2.26. The molecule has 31 heavy (non-hydrogen) atoms. The zero-order valence-electron chi connectivity index (χ0n) is 18.2. The fourth-order valence-corrected chi connectivity index (χ4v) is 3.70. The maximum Gasteiger partial charge on any atom is 0.295 e. The number of ketones is 1. The number of carbonyl (C=O) groups excluding carboxylic acids is 2. The molecular weight excluding hydrogens is 398 g/mol. The number of nitrogens with zero attached hydrogens (tertiary/aromatic N) is 3. The molecule has 1 aromatic heterocycles. The predicted octanol–water partition coefficient (Wildman–Crippen LogP) is 2.47. The van der Waals surface area contributed by atoms with Crippen LogP contribution in [0.4, 0.5) is 0 Å². The van der Waals surface area contributed by atoms with Gasteiger partial charge >= 0.3 is 0 Å². The van der Waals surface area contributed by atoms with E-state index >= 15 is 0 Å². The number of aromatic nitrogens is 1. The number of benzene rings is 1. The number of pyridine rings is 1. The van der Waals surface area contributed by atoms with Gasteiger partial charge in [-0.1, -0.05) is 6.07 Å². The van der Waals surface area contributed by atoms with Gasteiger partial charge < -0.3 is 24.4 Å². The number of hydrogen-bond donors (Lipinski definition) is 1. The van der Waals surface area contributed by atoms with Crippen LogP contribution in [0.25, 0.3) is 5.76 Å². The molecule has 1 aliphatic rings. The fourth-order valence-electron chi connectivity index (χ4n) is 3.70. The summed E-state index contributed by atoms with van der Waals surface area (Å²) in [6.45, 7) is 1.13. The molecule has 8 heteroatoms. The first-order valence-electron chi connectivity index (χ1n) is 9.94. The van der Waals surface area contributed by atoms with Gasteiger partial charge in [0.2, 0.25) is 0 Å². The molecule has 0 bridgehead atoms. The Hall–Kier alpha value is -3.39. The summed E-state index contributed by atoms with van der Waals surface area (Å²) in [6, 6.07) is 7.68. The van der Waals surface area contributed by atoms with Gasteiger partial charge in [0.1, 0.15) is 5.76 Å². The van der Waals surface area contributed by atoms with Crippen molar-refractivity contribution in [2.75, 3.05) is 41.4 Å². The summed E-state index contributed by atoms with van der Waals surface area (Å²) >= 11 is 0. The molecular formula is C23H27N3O5. The van der Waals surface area contributed by atoms with Gasteiger partial charge in [-0.3, -0.25) is 14.6 Å². The number of methoxy groups -OCH3 is 2. The monoisotopic (exact) mass is 425 g/mol. The Morgan fingerprint density at radius 3 is 2.39 bits per heavy atom. The molecule has 1 aliphatic heterocycles. The summed E-state index contributed by atoms with van der Waals surface area (Å²) in [7, 11) is 6.95. The van der Waals surface area contributed by atoms with Gasteiger partial charge in [-0.05, 0) is 56.9 Å². The lowest BCUT2D eigenvalue weighted by atomic mass is 9.95. The molecule has 2 aromatic rings. The summed E-state index contributed by atoms with van der Waals surface area (Å²) in [4.78, 5) is 33.4. The summed E-state index contributed by atoms with van der Waals surface area (Å²) in [5.41, 5.74) is 1.12. The minimum atomic E-state index is -0.741. The van der Waals surface area contributed by atoms with Crippen LogP contribution in [0.1, 0.15) is 23.6 Å². The van der Waals surface area contributed by atoms with Crippen LogP contribution in [0.2, 0.25) is 0 Å².